The number of rotatable bonds is 4. The summed E-state index contributed by atoms with van der Waals surface area (Å²) in [5.41, 5.74) is 0.845. The Morgan fingerprint density at radius 2 is 1.58 bits per heavy atom. The summed E-state index contributed by atoms with van der Waals surface area (Å²) >= 11 is 0. The molecule has 0 fully saturated rings. The van der Waals surface area contributed by atoms with E-state index in [0.29, 0.717) is 5.56 Å². The van der Waals surface area contributed by atoms with Crippen LogP contribution in [0.25, 0.3) is 11.1 Å². The van der Waals surface area contributed by atoms with Gasteiger partial charge >= 0.3 is 22.2 Å². The second-order valence-corrected chi connectivity index (χ2v) is 6.07. The SMILES string of the molecule is COC(=O)OS(=O)(=O)c1cc(C(=O)OC)ccc1-c1ccccc1. The highest BCUT2D eigenvalue weighted by Crippen LogP contribution is 2.30. The van der Waals surface area contributed by atoms with Gasteiger partial charge in [0.25, 0.3) is 0 Å². The number of esters is 1. The van der Waals surface area contributed by atoms with Crippen molar-refractivity contribution in [3.8, 4) is 11.1 Å². The van der Waals surface area contributed by atoms with E-state index in [1.807, 2.05) is 0 Å². The van der Waals surface area contributed by atoms with Gasteiger partial charge < -0.3 is 13.7 Å². The summed E-state index contributed by atoms with van der Waals surface area (Å²) in [7, 11) is -2.34. The van der Waals surface area contributed by atoms with Crippen molar-refractivity contribution in [1.82, 2.24) is 0 Å². The van der Waals surface area contributed by atoms with Crippen molar-refractivity contribution in [2.24, 2.45) is 0 Å². The van der Waals surface area contributed by atoms with Gasteiger partial charge in [0, 0.05) is 5.56 Å². The van der Waals surface area contributed by atoms with Gasteiger partial charge in [0.2, 0.25) is 0 Å². The van der Waals surface area contributed by atoms with Gasteiger partial charge in [-0.2, -0.15) is 8.42 Å². The number of benzene rings is 2. The maximum Gasteiger partial charge on any atom is 0.524 e. The van der Waals surface area contributed by atoms with Gasteiger partial charge in [-0.15, -0.1) is 0 Å². The molecule has 0 radical (unpaired) electrons. The van der Waals surface area contributed by atoms with E-state index in [9.17, 15) is 18.0 Å². The molecular formula is C16H14O7S. The molecule has 8 heteroatoms. The third-order valence-corrected chi connectivity index (χ3v) is 4.33. The fraction of sp³-hybridized carbons (Fsp3) is 0.125. The van der Waals surface area contributed by atoms with Crippen molar-refractivity contribution in [1.29, 1.82) is 0 Å². The van der Waals surface area contributed by atoms with Gasteiger partial charge in [-0.1, -0.05) is 36.4 Å². The monoisotopic (exact) mass is 350 g/mol. The molecule has 2 aromatic carbocycles. The Morgan fingerprint density at radius 3 is 2.17 bits per heavy atom. The van der Waals surface area contributed by atoms with E-state index in [-0.39, 0.29) is 16.0 Å². The molecule has 2 rings (SSSR count). The van der Waals surface area contributed by atoms with Gasteiger partial charge in [-0.25, -0.2) is 9.59 Å². The molecule has 0 bridgehead atoms. The van der Waals surface area contributed by atoms with Crippen LogP contribution >= 0.6 is 0 Å². The number of carbonyl (C=O) groups is 2. The lowest BCUT2D eigenvalue weighted by molar-refractivity contribution is 0.0600. The number of methoxy groups -OCH3 is 2. The molecule has 126 valence electrons. The highest BCUT2D eigenvalue weighted by Gasteiger charge is 2.26. The number of hydrogen-bond donors (Lipinski definition) is 0. The molecule has 0 amide bonds. The Bertz CT molecular complexity index is 857. The summed E-state index contributed by atoms with van der Waals surface area (Å²) in [5.74, 6) is -0.718. The lowest BCUT2D eigenvalue weighted by Crippen LogP contribution is -2.15. The van der Waals surface area contributed by atoms with Crippen LogP contribution in [0.15, 0.2) is 53.4 Å². The first-order chi connectivity index (χ1) is 11.4. The van der Waals surface area contributed by atoms with E-state index in [4.69, 9.17) is 0 Å². The van der Waals surface area contributed by atoms with Crippen LogP contribution in [0.1, 0.15) is 10.4 Å². The smallest absolute Gasteiger partial charge is 0.465 e. The predicted octanol–water partition coefficient (Wildman–Crippen LogP) is 2.61. The van der Waals surface area contributed by atoms with Crippen LogP contribution in [-0.2, 0) is 23.8 Å². The minimum Gasteiger partial charge on any atom is -0.465 e. The number of hydrogen-bond acceptors (Lipinski definition) is 7. The minimum absolute atomic E-state index is 0.00391. The Labute approximate surface area is 138 Å². The zero-order valence-corrected chi connectivity index (χ0v) is 13.7. The molecule has 24 heavy (non-hydrogen) atoms. The van der Waals surface area contributed by atoms with Gasteiger partial charge in [-0.05, 0) is 17.7 Å². The van der Waals surface area contributed by atoms with E-state index in [2.05, 4.69) is 13.7 Å². The molecule has 0 N–H and O–H groups in total. The topological polar surface area (TPSA) is 96.0 Å². The fourth-order valence-electron chi connectivity index (χ4n) is 2.00. The molecule has 0 spiro atoms. The summed E-state index contributed by atoms with van der Waals surface area (Å²) in [5, 5.41) is 0. The molecule has 0 unspecified atom stereocenters. The lowest BCUT2D eigenvalue weighted by Gasteiger charge is -2.11. The van der Waals surface area contributed by atoms with E-state index >= 15 is 0 Å². The van der Waals surface area contributed by atoms with E-state index in [0.717, 1.165) is 13.2 Å². The standard InChI is InChI=1S/C16H14O7S/c1-21-15(17)12-8-9-13(11-6-4-3-5-7-11)14(10-12)24(19,20)23-16(18)22-2/h3-10H,1-2H3. The Kier molecular flexibility index (Phi) is 5.20. The molecule has 0 aliphatic carbocycles. The third-order valence-electron chi connectivity index (χ3n) is 3.10. The summed E-state index contributed by atoms with van der Waals surface area (Å²) in [4.78, 5) is 22.5. The van der Waals surface area contributed by atoms with E-state index < -0.39 is 22.2 Å². The first-order valence-corrected chi connectivity index (χ1v) is 8.10. The average Bonchev–Trinajstić information content (AvgIpc) is 2.60. The quantitative estimate of drug-likeness (QED) is 0.617. The Balaban J connectivity index is 2.64. The fourth-order valence-corrected chi connectivity index (χ4v) is 3.06. The Morgan fingerprint density at radius 1 is 0.917 bits per heavy atom. The molecule has 2 aromatic rings. The van der Waals surface area contributed by atoms with Crippen molar-refractivity contribution in [3.05, 3.63) is 54.1 Å². The number of ether oxygens (including phenoxy) is 2. The summed E-state index contributed by atoms with van der Waals surface area (Å²) in [6.45, 7) is 0. The molecule has 0 aliphatic rings. The summed E-state index contributed by atoms with van der Waals surface area (Å²) in [6.07, 6.45) is -1.38. The molecule has 0 atom stereocenters. The highest BCUT2D eigenvalue weighted by molar-refractivity contribution is 7.87. The summed E-state index contributed by atoms with van der Waals surface area (Å²) < 4.78 is 37.9. The molecular weight excluding hydrogens is 336 g/mol. The molecule has 0 aliphatic heterocycles. The van der Waals surface area contributed by atoms with Gasteiger partial charge in [0.05, 0.1) is 19.8 Å². The van der Waals surface area contributed by atoms with Crippen LogP contribution in [0.2, 0.25) is 0 Å². The maximum atomic E-state index is 12.4. The van der Waals surface area contributed by atoms with Crippen molar-refractivity contribution >= 4 is 22.2 Å². The van der Waals surface area contributed by atoms with Gasteiger partial charge in [0.15, 0.2) is 0 Å². The van der Waals surface area contributed by atoms with Crippen LogP contribution in [0.5, 0.6) is 0 Å². The number of carbonyl (C=O) groups excluding carboxylic acids is 2. The zero-order chi connectivity index (χ0) is 17.7. The molecule has 7 nitrogen and oxygen atoms in total. The normalized spacial score (nSPS) is 10.8. The highest BCUT2D eigenvalue weighted by atomic mass is 32.2. The van der Waals surface area contributed by atoms with Crippen LogP contribution in [0.3, 0.4) is 0 Å². The lowest BCUT2D eigenvalue weighted by atomic mass is 10.0. The molecule has 0 saturated carbocycles. The van der Waals surface area contributed by atoms with Gasteiger partial charge in [-0.3, -0.25) is 0 Å². The Hall–Kier alpha value is -2.87. The van der Waals surface area contributed by atoms with Crippen LogP contribution in [0, 0.1) is 0 Å². The predicted molar refractivity (Wildman–Crippen MR) is 83.9 cm³/mol. The van der Waals surface area contributed by atoms with Crippen molar-refractivity contribution in [2.75, 3.05) is 14.2 Å². The van der Waals surface area contributed by atoms with Crippen molar-refractivity contribution in [3.63, 3.8) is 0 Å². The van der Waals surface area contributed by atoms with E-state index in [1.54, 1.807) is 30.3 Å². The third kappa shape index (κ3) is 3.72. The first kappa shape index (κ1) is 17.5. The van der Waals surface area contributed by atoms with Crippen LogP contribution in [-0.4, -0.2) is 34.8 Å². The van der Waals surface area contributed by atoms with E-state index in [1.165, 1.54) is 19.2 Å². The average molecular weight is 350 g/mol. The van der Waals surface area contributed by atoms with Crippen LogP contribution < -0.4 is 0 Å². The van der Waals surface area contributed by atoms with Gasteiger partial charge in [0.1, 0.15) is 4.90 Å². The van der Waals surface area contributed by atoms with Crippen molar-refractivity contribution in [2.45, 2.75) is 4.90 Å². The van der Waals surface area contributed by atoms with Crippen molar-refractivity contribution < 1.29 is 31.7 Å². The second-order valence-electron chi connectivity index (χ2n) is 4.56. The first-order valence-electron chi connectivity index (χ1n) is 6.69. The molecule has 0 aromatic heterocycles. The molecule has 0 saturated heterocycles. The minimum atomic E-state index is -4.50. The maximum absolute atomic E-state index is 12.4. The van der Waals surface area contributed by atoms with Crippen LogP contribution in [0.4, 0.5) is 4.79 Å². The summed E-state index contributed by atoms with van der Waals surface area (Å²) in [6, 6.07) is 12.5. The second kappa shape index (κ2) is 7.14. The molecule has 0 heterocycles. The zero-order valence-electron chi connectivity index (χ0n) is 12.9. The largest absolute Gasteiger partial charge is 0.524 e.